The summed E-state index contributed by atoms with van der Waals surface area (Å²) < 4.78 is 41.9. The van der Waals surface area contributed by atoms with Gasteiger partial charge in [0.2, 0.25) is 10.0 Å². The summed E-state index contributed by atoms with van der Waals surface area (Å²) in [5.74, 6) is -1.21. The number of amides is 1. The quantitative estimate of drug-likeness (QED) is 0.336. The van der Waals surface area contributed by atoms with Crippen LogP contribution in [0.15, 0.2) is 65.6 Å². The van der Waals surface area contributed by atoms with Gasteiger partial charge in [0.05, 0.1) is 5.02 Å². The highest BCUT2D eigenvalue weighted by Crippen LogP contribution is 2.36. The van der Waals surface area contributed by atoms with Gasteiger partial charge in [0, 0.05) is 29.7 Å². The van der Waals surface area contributed by atoms with Crippen LogP contribution in [-0.2, 0) is 23.1 Å². The minimum Gasteiger partial charge on any atom is -0.505 e. The molecule has 3 aromatic rings. The van der Waals surface area contributed by atoms with Crippen molar-refractivity contribution in [3.05, 3.63) is 93.2 Å². The van der Waals surface area contributed by atoms with E-state index in [1.165, 1.54) is 36.8 Å². The van der Waals surface area contributed by atoms with Crippen molar-refractivity contribution in [3.63, 3.8) is 0 Å². The van der Waals surface area contributed by atoms with E-state index in [9.17, 15) is 22.7 Å². The van der Waals surface area contributed by atoms with Gasteiger partial charge in [-0.3, -0.25) is 4.79 Å². The van der Waals surface area contributed by atoms with E-state index in [4.69, 9.17) is 23.2 Å². The Labute approximate surface area is 226 Å². The predicted octanol–water partition coefficient (Wildman–Crippen LogP) is 6.29. The van der Waals surface area contributed by atoms with Crippen LogP contribution in [0.4, 0.5) is 4.39 Å². The fourth-order valence-electron chi connectivity index (χ4n) is 4.38. The van der Waals surface area contributed by atoms with Gasteiger partial charge in [0.1, 0.15) is 10.7 Å². The summed E-state index contributed by atoms with van der Waals surface area (Å²) in [7, 11) is -4.29. The predicted molar refractivity (Wildman–Crippen MR) is 142 cm³/mol. The first-order valence-electron chi connectivity index (χ1n) is 12.0. The van der Waals surface area contributed by atoms with E-state index in [1.54, 1.807) is 24.3 Å². The van der Waals surface area contributed by atoms with E-state index in [1.807, 2.05) is 0 Å². The molecule has 10 heteroatoms. The molecule has 3 aromatic carbocycles. The van der Waals surface area contributed by atoms with Crippen molar-refractivity contribution >= 4 is 39.1 Å². The lowest BCUT2D eigenvalue weighted by Gasteiger charge is -2.24. The number of hydrogen-bond acceptors (Lipinski definition) is 4. The lowest BCUT2D eigenvalue weighted by Crippen LogP contribution is -2.36. The number of carbonyl (C=O) groups excluding carboxylic acids is 1. The third kappa shape index (κ3) is 6.82. The molecule has 0 aliphatic heterocycles. The lowest BCUT2D eigenvalue weighted by molar-refractivity contribution is 0.0927. The number of halogens is 3. The highest BCUT2D eigenvalue weighted by molar-refractivity contribution is 7.89. The molecular formula is C27H27Cl2FN2O4S. The van der Waals surface area contributed by atoms with Gasteiger partial charge in [-0.05, 0) is 60.4 Å². The fourth-order valence-corrected chi connectivity index (χ4v) is 6.54. The Hall–Kier alpha value is -2.65. The van der Waals surface area contributed by atoms with Crippen LogP contribution in [0, 0.1) is 5.82 Å². The zero-order valence-electron chi connectivity index (χ0n) is 20.0. The number of benzene rings is 3. The SMILES string of the molecule is O=C(NC1CCCCC1)c1ccc(CN(Cc2ccc(F)cc2)S(=O)(=O)c2cc(Cl)cc(Cl)c2O)cc1. The van der Waals surface area contributed by atoms with Crippen LogP contribution >= 0.6 is 23.2 Å². The van der Waals surface area contributed by atoms with Gasteiger partial charge >= 0.3 is 0 Å². The zero-order chi connectivity index (χ0) is 26.6. The van der Waals surface area contributed by atoms with Gasteiger partial charge in [-0.25, -0.2) is 12.8 Å². The molecule has 1 amide bonds. The molecule has 4 rings (SSSR count). The number of phenols is 1. The molecule has 0 unspecified atom stereocenters. The van der Waals surface area contributed by atoms with Gasteiger partial charge in [-0.1, -0.05) is 66.7 Å². The smallest absolute Gasteiger partial charge is 0.251 e. The molecule has 1 aliphatic rings. The Morgan fingerprint density at radius 2 is 1.51 bits per heavy atom. The number of rotatable bonds is 8. The second kappa shape index (κ2) is 11.8. The molecule has 6 nitrogen and oxygen atoms in total. The minimum absolute atomic E-state index is 0.0523. The van der Waals surface area contributed by atoms with E-state index < -0.39 is 26.5 Å². The summed E-state index contributed by atoms with van der Waals surface area (Å²) in [5, 5.41) is 13.3. The highest BCUT2D eigenvalue weighted by Gasteiger charge is 2.29. The molecule has 2 N–H and O–H groups in total. The molecule has 0 spiro atoms. The van der Waals surface area contributed by atoms with Gasteiger partial charge in [0.25, 0.3) is 5.91 Å². The Morgan fingerprint density at radius 1 is 0.946 bits per heavy atom. The summed E-state index contributed by atoms with van der Waals surface area (Å²) in [6.07, 6.45) is 5.35. The van der Waals surface area contributed by atoms with Crippen LogP contribution in [0.25, 0.3) is 0 Å². The molecular weight excluding hydrogens is 538 g/mol. The molecule has 0 bridgehead atoms. The van der Waals surface area contributed by atoms with E-state index >= 15 is 0 Å². The van der Waals surface area contributed by atoms with Crippen molar-refractivity contribution in [2.24, 2.45) is 0 Å². The Balaban J connectivity index is 1.59. The fraction of sp³-hybridized carbons (Fsp3) is 0.296. The number of aromatic hydroxyl groups is 1. The van der Waals surface area contributed by atoms with E-state index in [2.05, 4.69) is 5.32 Å². The van der Waals surface area contributed by atoms with Crippen LogP contribution in [0.5, 0.6) is 5.75 Å². The second-order valence-corrected chi connectivity index (χ2v) is 11.9. The van der Waals surface area contributed by atoms with Gasteiger partial charge in [-0.2, -0.15) is 4.31 Å². The van der Waals surface area contributed by atoms with Crippen molar-refractivity contribution in [2.45, 2.75) is 56.1 Å². The average Bonchev–Trinajstić information content (AvgIpc) is 2.88. The molecule has 0 atom stereocenters. The Kier molecular flexibility index (Phi) is 8.75. The monoisotopic (exact) mass is 564 g/mol. The number of nitrogens with zero attached hydrogens (tertiary/aromatic N) is 1. The van der Waals surface area contributed by atoms with Crippen molar-refractivity contribution in [1.82, 2.24) is 9.62 Å². The first-order valence-corrected chi connectivity index (χ1v) is 14.2. The molecule has 0 saturated heterocycles. The van der Waals surface area contributed by atoms with Crippen LogP contribution in [0.1, 0.15) is 53.6 Å². The third-order valence-corrected chi connectivity index (χ3v) is 8.71. The Bertz CT molecular complexity index is 1360. The maximum Gasteiger partial charge on any atom is 0.251 e. The van der Waals surface area contributed by atoms with E-state index in [-0.39, 0.29) is 35.1 Å². The topological polar surface area (TPSA) is 86.7 Å². The summed E-state index contributed by atoms with van der Waals surface area (Å²) >= 11 is 12.0. The highest BCUT2D eigenvalue weighted by atomic mass is 35.5. The molecule has 0 aromatic heterocycles. The van der Waals surface area contributed by atoms with Crippen LogP contribution < -0.4 is 5.32 Å². The van der Waals surface area contributed by atoms with Gasteiger partial charge in [-0.15, -0.1) is 0 Å². The molecule has 1 saturated carbocycles. The molecule has 196 valence electrons. The summed E-state index contributed by atoms with van der Waals surface area (Å²) in [6.45, 7) is -0.177. The van der Waals surface area contributed by atoms with Crippen LogP contribution in [0.3, 0.4) is 0 Å². The summed E-state index contributed by atoms with van der Waals surface area (Å²) in [4.78, 5) is 12.2. The largest absolute Gasteiger partial charge is 0.505 e. The third-order valence-electron chi connectivity index (χ3n) is 6.40. The first kappa shape index (κ1) is 27.4. The van der Waals surface area contributed by atoms with Gasteiger partial charge < -0.3 is 10.4 Å². The second-order valence-electron chi connectivity index (χ2n) is 9.14. The standard InChI is InChI=1S/C27H27Cl2FN2O4S/c28-21-14-24(29)26(33)25(15-21)37(35,36)32(17-19-8-12-22(30)13-9-19)16-18-6-10-20(11-7-18)27(34)31-23-4-2-1-3-5-23/h6-15,23,33H,1-5,16-17H2,(H,31,34). The molecule has 1 aliphatic carbocycles. The van der Waals surface area contributed by atoms with Crippen LogP contribution in [-0.4, -0.2) is 29.8 Å². The molecule has 37 heavy (non-hydrogen) atoms. The normalized spacial score (nSPS) is 14.6. The van der Waals surface area contributed by atoms with Gasteiger partial charge in [0.15, 0.2) is 5.75 Å². The van der Waals surface area contributed by atoms with Crippen molar-refractivity contribution in [1.29, 1.82) is 0 Å². The maximum atomic E-state index is 13.6. The minimum atomic E-state index is -4.29. The number of carbonyl (C=O) groups is 1. The van der Waals surface area contributed by atoms with Crippen molar-refractivity contribution in [2.75, 3.05) is 0 Å². The van der Waals surface area contributed by atoms with Crippen LogP contribution in [0.2, 0.25) is 10.0 Å². The number of sulfonamides is 1. The zero-order valence-corrected chi connectivity index (χ0v) is 22.3. The number of hydrogen-bond donors (Lipinski definition) is 2. The van der Waals surface area contributed by atoms with E-state index in [0.29, 0.717) is 16.7 Å². The molecule has 1 fully saturated rings. The summed E-state index contributed by atoms with van der Waals surface area (Å²) in [5.41, 5.74) is 1.65. The van der Waals surface area contributed by atoms with E-state index in [0.717, 1.165) is 36.1 Å². The molecule has 0 heterocycles. The lowest BCUT2D eigenvalue weighted by atomic mass is 9.95. The Morgan fingerprint density at radius 3 is 2.11 bits per heavy atom. The maximum absolute atomic E-state index is 13.6. The average molecular weight is 565 g/mol. The summed E-state index contributed by atoms with van der Waals surface area (Å²) in [6, 6.07) is 14.7. The van der Waals surface area contributed by atoms with Crippen molar-refractivity contribution < 1.29 is 22.7 Å². The molecule has 0 radical (unpaired) electrons. The van der Waals surface area contributed by atoms with Crippen molar-refractivity contribution in [3.8, 4) is 5.75 Å². The first-order chi connectivity index (χ1) is 17.6. The number of phenolic OH excluding ortho intramolecular Hbond substituents is 1. The number of nitrogens with one attached hydrogen (secondary N) is 1.